The van der Waals surface area contributed by atoms with Crippen LogP contribution >= 0.6 is 0 Å². The van der Waals surface area contributed by atoms with Gasteiger partial charge in [0.2, 0.25) is 0 Å². The first kappa shape index (κ1) is 30.5. The molecular formula is C23H23Cl3CoN3. The van der Waals surface area contributed by atoms with Crippen LogP contribution in [-0.4, -0.2) is 17.4 Å². The zero-order valence-corrected chi connectivity index (χ0v) is 20.5. The van der Waals surface area contributed by atoms with E-state index in [0.717, 1.165) is 45.0 Å². The summed E-state index contributed by atoms with van der Waals surface area (Å²) in [6.45, 7) is 8.28. The maximum atomic E-state index is 4.63. The van der Waals surface area contributed by atoms with Gasteiger partial charge >= 0.3 is 16.8 Å². The molecule has 2 aromatic carbocycles. The van der Waals surface area contributed by atoms with Gasteiger partial charge in [-0.25, -0.2) is 4.98 Å². The monoisotopic (exact) mass is 505 g/mol. The van der Waals surface area contributed by atoms with Gasteiger partial charge in [-0.05, 0) is 62.1 Å². The number of halogens is 3. The van der Waals surface area contributed by atoms with E-state index in [1.54, 1.807) is 0 Å². The predicted octanol–water partition coefficient (Wildman–Crippen LogP) is -3.17. The van der Waals surface area contributed by atoms with Crippen LogP contribution in [0, 0.1) is 27.7 Å². The van der Waals surface area contributed by atoms with Gasteiger partial charge in [-0.15, -0.1) is 0 Å². The molecule has 0 spiro atoms. The van der Waals surface area contributed by atoms with Gasteiger partial charge in [-0.3, -0.25) is 9.98 Å². The molecule has 3 nitrogen and oxygen atoms in total. The van der Waals surface area contributed by atoms with E-state index in [-0.39, 0.29) is 54.0 Å². The summed E-state index contributed by atoms with van der Waals surface area (Å²) in [6, 6.07) is 18.3. The number of benzene rings is 2. The smallest absolute Gasteiger partial charge is 1.00 e. The van der Waals surface area contributed by atoms with Gasteiger partial charge in [0.15, 0.2) is 0 Å². The summed E-state index contributed by atoms with van der Waals surface area (Å²) in [5.74, 6) is 0. The van der Waals surface area contributed by atoms with E-state index in [4.69, 9.17) is 0 Å². The number of aliphatic imine (C=N–C) groups is 2. The fraction of sp³-hybridized carbons (Fsp3) is 0.174. The van der Waals surface area contributed by atoms with Crippen molar-refractivity contribution in [3.63, 3.8) is 0 Å². The average molecular weight is 507 g/mol. The quantitative estimate of drug-likeness (QED) is 0.344. The summed E-state index contributed by atoms with van der Waals surface area (Å²) in [5, 5.41) is 0. The molecule has 3 rings (SSSR count). The van der Waals surface area contributed by atoms with Crippen LogP contribution in [0.15, 0.2) is 64.6 Å². The topological polar surface area (TPSA) is 37.6 Å². The van der Waals surface area contributed by atoms with E-state index >= 15 is 0 Å². The molecule has 7 heteroatoms. The molecule has 1 aromatic heterocycles. The molecule has 0 radical (unpaired) electrons. The SMILES string of the molecule is Cc1cccc(C)c1N=Cc1cccc(C=Nc2c(C)cccc2C)n1.[Cl-].[Cl-].[Cl-].[Co+3]. The maximum absolute atomic E-state index is 4.63. The van der Waals surface area contributed by atoms with Crippen molar-refractivity contribution in [3.05, 3.63) is 88.2 Å². The molecule has 0 saturated heterocycles. The van der Waals surface area contributed by atoms with Gasteiger partial charge in [-0.1, -0.05) is 42.5 Å². The third-order valence-electron chi connectivity index (χ3n) is 4.32. The van der Waals surface area contributed by atoms with Crippen molar-refractivity contribution in [2.24, 2.45) is 9.98 Å². The standard InChI is InChI=1S/C23H23N3.3ClH.Co/c1-16-8-5-9-17(2)22(16)24-14-20-12-7-13-21(26-20)15-25-23-18(3)10-6-11-19(23)4;;;;/h5-15H,1-4H3;3*1H;/q;;;;+3/p-3. The number of pyridine rings is 1. The van der Waals surface area contributed by atoms with Crippen molar-refractivity contribution in [3.8, 4) is 0 Å². The van der Waals surface area contributed by atoms with Gasteiger partial charge in [0, 0.05) is 0 Å². The first-order valence-electron chi connectivity index (χ1n) is 8.72. The molecule has 0 atom stereocenters. The molecule has 30 heavy (non-hydrogen) atoms. The van der Waals surface area contributed by atoms with Crippen molar-refractivity contribution >= 4 is 23.8 Å². The average Bonchev–Trinajstić information content (AvgIpc) is 2.61. The Morgan fingerprint density at radius 2 is 0.867 bits per heavy atom. The largest absolute Gasteiger partial charge is 3.00 e. The van der Waals surface area contributed by atoms with Gasteiger partial charge in [0.1, 0.15) is 0 Å². The van der Waals surface area contributed by atoms with Crippen molar-refractivity contribution in [2.45, 2.75) is 27.7 Å². The fourth-order valence-electron chi connectivity index (χ4n) is 2.89. The van der Waals surface area contributed by atoms with Gasteiger partial charge in [0.05, 0.1) is 35.2 Å². The van der Waals surface area contributed by atoms with Gasteiger partial charge in [0.25, 0.3) is 0 Å². The number of aryl methyl sites for hydroxylation is 4. The summed E-state index contributed by atoms with van der Waals surface area (Å²) in [6.07, 6.45) is 3.62. The summed E-state index contributed by atoms with van der Waals surface area (Å²) in [5.41, 5.74) is 8.29. The molecule has 1 heterocycles. The zero-order valence-electron chi connectivity index (χ0n) is 17.2. The van der Waals surface area contributed by atoms with E-state index in [2.05, 4.69) is 66.9 Å². The Balaban J connectivity index is 0. The van der Waals surface area contributed by atoms with Crippen molar-refractivity contribution < 1.29 is 54.0 Å². The van der Waals surface area contributed by atoms with E-state index in [1.807, 2.05) is 42.8 Å². The second-order valence-corrected chi connectivity index (χ2v) is 6.48. The number of rotatable bonds is 4. The van der Waals surface area contributed by atoms with Gasteiger partial charge in [-0.2, -0.15) is 0 Å². The molecule has 0 aliphatic rings. The Morgan fingerprint density at radius 3 is 1.20 bits per heavy atom. The fourth-order valence-corrected chi connectivity index (χ4v) is 2.89. The van der Waals surface area contributed by atoms with E-state index in [0.29, 0.717) is 0 Å². The van der Waals surface area contributed by atoms with Crippen molar-refractivity contribution in [1.29, 1.82) is 0 Å². The number of aromatic nitrogens is 1. The Hall–Kier alpha value is -1.69. The van der Waals surface area contributed by atoms with Crippen LogP contribution in [0.1, 0.15) is 33.6 Å². The molecule has 0 N–H and O–H groups in total. The molecule has 3 aromatic rings. The third-order valence-corrected chi connectivity index (χ3v) is 4.32. The third kappa shape index (κ3) is 7.86. The first-order chi connectivity index (χ1) is 12.5. The van der Waals surface area contributed by atoms with Crippen LogP contribution < -0.4 is 37.2 Å². The minimum atomic E-state index is 0. The summed E-state index contributed by atoms with van der Waals surface area (Å²) in [4.78, 5) is 13.9. The van der Waals surface area contributed by atoms with Crippen LogP contribution in [-0.2, 0) is 16.8 Å². The number of nitrogens with zero attached hydrogens (tertiary/aromatic N) is 3. The van der Waals surface area contributed by atoms with Crippen LogP contribution in [0.25, 0.3) is 0 Å². The van der Waals surface area contributed by atoms with E-state index < -0.39 is 0 Å². The maximum Gasteiger partial charge on any atom is 3.00 e. The molecule has 0 aliphatic carbocycles. The molecular weight excluding hydrogens is 484 g/mol. The molecule has 0 bridgehead atoms. The second-order valence-electron chi connectivity index (χ2n) is 6.48. The minimum absolute atomic E-state index is 0. The zero-order chi connectivity index (χ0) is 18.5. The van der Waals surface area contributed by atoms with Crippen molar-refractivity contribution in [2.75, 3.05) is 0 Å². The second kappa shape index (κ2) is 14.3. The van der Waals surface area contributed by atoms with Crippen molar-refractivity contribution in [1.82, 2.24) is 4.98 Å². The normalized spacial score (nSPS) is 10.0. The summed E-state index contributed by atoms with van der Waals surface area (Å²) >= 11 is 0. The van der Waals surface area contributed by atoms with E-state index in [9.17, 15) is 0 Å². The van der Waals surface area contributed by atoms with Gasteiger partial charge < -0.3 is 37.2 Å². The number of hydrogen-bond acceptors (Lipinski definition) is 3. The molecule has 160 valence electrons. The minimum Gasteiger partial charge on any atom is -1.00 e. The number of hydrogen-bond donors (Lipinski definition) is 0. The Kier molecular flexibility index (Phi) is 14.6. The first-order valence-corrected chi connectivity index (χ1v) is 8.72. The van der Waals surface area contributed by atoms with Crippen LogP contribution in [0.3, 0.4) is 0 Å². The molecule has 0 amide bonds. The Morgan fingerprint density at radius 1 is 0.567 bits per heavy atom. The summed E-state index contributed by atoms with van der Waals surface area (Å²) < 4.78 is 0. The van der Waals surface area contributed by atoms with Crippen LogP contribution in [0.2, 0.25) is 0 Å². The van der Waals surface area contributed by atoms with Crippen LogP contribution in [0.5, 0.6) is 0 Å². The van der Waals surface area contributed by atoms with Crippen LogP contribution in [0.4, 0.5) is 11.4 Å². The Labute approximate surface area is 208 Å². The molecule has 0 aliphatic heterocycles. The number of para-hydroxylation sites is 2. The van der Waals surface area contributed by atoms with E-state index in [1.165, 1.54) is 0 Å². The molecule has 0 fully saturated rings. The summed E-state index contributed by atoms with van der Waals surface area (Å²) in [7, 11) is 0. The predicted molar refractivity (Wildman–Crippen MR) is 111 cm³/mol. The Bertz CT molecular complexity index is 887. The molecule has 0 saturated carbocycles. The molecule has 0 unspecified atom stereocenters.